The number of carbonyl (C=O) groups is 1. The van der Waals surface area contributed by atoms with Gasteiger partial charge in [-0.1, -0.05) is 0 Å². The minimum Gasteiger partial charge on any atom is -0.457 e. The van der Waals surface area contributed by atoms with Gasteiger partial charge >= 0.3 is 62.2 Å². The van der Waals surface area contributed by atoms with Crippen LogP contribution in [0.3, 0.4) is 0 Å². The molecule has 0 aliphatic carbocycles. The van der Waals surface area contributed by atoms with Crippen LogP contribution in [0, 0.1) is 6.92 Å². The summed E-state index contributed by atoms with van der Waals surface area (Å²) in [7, 11) is -27.2. The number of aliphatic hydroxyl groups excluding tert-OH is 2. The standard InChI is InChI=1S/C53H69N18O35P5/c1-21-12-69(53(80)66-46(21)75)39-9-25(31(99-39)16-93-109(85,86)105-26-10-40(71-20-59-43-45(71)63-50(57)65-48(43)77)100-32(26)17-92-108(83,84)102-23-7-37(96-28(23)13-72)67-4-2-34(54)60-51(67)78)104-110(87,88)95-18-33-27(11-41(74)101-33)106-111(89,90)94-15-30-24(8-38(98-30)68-5-3-35(55)61-52(68)79)103-107(81,82)91-14-29-22(73)6-36(97-29)70-19-58-42-44(70)62-49(56)64-47(42)76/h2-5,12,19-20,22-33,36-40,72-73H,6-11,13-18H2,1H3,(H,81,82)(H,83,84)(H,85,86)(H,87,88)(H,89,90)(H2,54,60,78)(H2,55,61,79)(H,66,75,80)(H3,56,62,64,76)(H3,57,63,65,77)/t22-,23-,24-,25-,26-,27-,28+,29+,30+,31+,32+,33+,36+,37+,38+,39+,40+/m0/s1. The van der Waals surface area contributed by atoms with E-state index in [1.807, 2.05) is 4.98 Å². The van der Waals surface area contributed by atoms with Gasteiger partial charge in [-0.25, -0.2) is 47.2 Å². The second kappa shape index (κ2) is 32.2. The smallest absolute Gasteiger partial charge is 0.457 e. The molecule has 606 valence electrons. The Labute approximate surface area is 616 Å². The number of aromatic amines is 3. The van der Waals surface area contributed by atoms with Gasteiger partial charge in [0.2, 0.25) is 11.9 Å². The van der Waals surface area contributed by atoms with Gasteiger partial charge in [0.15, 0.2) is 28.4 Å². The van der Waals surface area contributed by atoms with Crippen LogP contribution in [0.4, 0.5) is 23.5 Å². The first-order chi connectivity index (χ1) is 52.3. The van der Waals surface area contributed by atoms with Gasteiger partial charge in [0, 0.05) is 56.3 Å². The van der Waals surface area contributed by atoms with Crippen LogP contribution < -0.4 is 56.7 Å². The fourth-order valence-electron chi connectivity index (χ4n) is 12.7. The number of cyclic esters (lactones) is 1. The molecule has 18 N–H and O–H groups in total. The first-order valence-corrected chi connectivity index (χ1v) is 40.3. The molecule has 0 spiro atoms. The maximum Gasteiger partial charge on any atom is 0.472 e. The minimum absolute atomic E-state index is 0.00316. The zero-order valence-electron chi connectivity index (χ0n) is 56.9. The number of nitrogens with two attached hydrogens (primary N) is 4. The Bertz CT molecular complexity index is 5310. The van der Waals surface area contributed by atoms with Crippen molar-refractivity contribution in [2.24, 2.45) is 0 Å². The number of rotatable bonds is 31. The molecule has 6 saturated heterocycles. The molecule has 7 aromatic heterocycles. The Morgan fingerprint density at radius 3 is 1.25 bits per heavy atom. The second-order valence-electron chi connectivity index (χ2n) is 25.5. The zero-order valence-corrected chi connectivity index (χ0v) is 61.3. The van der Waals surface area contributed by atoms with Crippen LogP contribution >= 0.6 is 39.1 Å². The Morgan fingerprint density at radius 1 is 0.468 bits per heavy atom. The van der Waals surface area contributed by atoms with Gasteiger partial charge in [-0.2, -0.15) is 19.9 Å². The van der Waals surface area contributed by atoms with Crippen LogP contribution in [0.2, 0.25) is 0 Å². The van der Waals surface area contributed by atoms with Crippen LogP contribution in [0.25, 0.3) is 22.3 Å². The summed E-state index contributed by atoms with van der Waals surface area (Å²) >= 11 is 0. The van der Waals surface area contributed by atoms with Crippen molar-refractivity contribution in [1.29, 1.82) is 0 Å². The number of nitrogen functional groups attached to an aromatic ring is 4. The third-order valence-electron chi connectivity index (χ3n) is 17.8. The summed E-state index contributed by atoms with van der Waals surface area (Å²) < 4.78 is 163. The highest BCUT2D eigenvalue weighted by Gasteiger charge is 2.51. The molecular formula is C53H69N18O35P5. The molecule has 5 unspecified atom stereocenters. The van der Waals surface area contributed by atoms with Crippen molar-refractivity contribution in [3.8, 4) is 0 Å². The van der Waals surface area contributed by atoms with E-state index < -0.39 is 249 Å². The summed E-state index contributed by atoms with van der Waals surface area (Å²) in [5.74, 6) is -2.06. The van der Waals surface area contributed by atoms with Crippen LogP contribution in [0.5, 0.6) is 0 Å². The first kappa shape index (κ1) is 81.1. The fraction of sp³-hybridized carbons (Fsp3) is 0.566. The van der Waals surface area contributed by atoms with Crippen LogP contribution in [0.1, 0.15) is 75.2 Å². The number of hydrogen-bond acceptors (Lipinski definition) is 40. The highest BCUT2D eigenvalue weighted by Crippen LogP contribution is 2.56. The van der Waals surface area contributed by atoms with E-state index >= 15 is 0 Å². The van der Waals surface area contributed by atoms with Gasteiger partial charge in [0.05, 0.1) is 64.8 Å². The van der Waals surface area contributed by atoms with Gasteiger partial charge in [-0.05, 0) is 19.1 Å². The number of hydrogen-bond donors (Lipinski definition) is 14. The number of nitrogens with one attached hydrogen (secondary N) is 3. The molecule has 0 bridgehead atoms. The zero-order chi connectivity index (χ0) is 79.6. The number of aryl methyl sites for hydroxylation is 1. The molecular weight excluding hydrogens is 1600 g/mol. The van der Waals surface area contributed by atoms with Crippen LogP contribution in [0.15, 0.2) is 72.1 Å². The van der Waals surface area contributed by atoms with E-state index in [-0.39, 0.29) is 64.3 Å². The normalized spacial score (nSPS) is 30.3. The fourth-order valence-corrected chi connectivity index (χ4v) is 17.4. The Kier molecular flexibility index (Phi) is 23.5. The minimum atomic E-state index is -5.59. The number of fused-ring (bicyclic) bond motifs is 2. The first-order valence-electron chi connectivity index (χ1n) is 32.8. The van der Waals surface area contributed by atoms with Crippen LogP contribution in [-0.4, -0.2) is 221 Å². The number of carbonyl (C=O) groups excluding carboxylic acids is 1. The average molecular weight is 1670 g/mol. The number of anilines is 4. The van der Waals surface area contributed by atoms with E-state index in [0.29, 0.717) is 0 Å². The maximum absolute atomic E-state index is 14.2. The number of aliphatic hydroxyl groups is 2. The molecule has 7 aromatic rings. The number of nitrogens with zero attached hydrogens (tertiary/aromatic N) is 11. The maximum atomic E-state index is 14.2. The summed E-state index contributed by atoms with van der Waals surface area (Å²) in [5, 5.41) is 21.0. The highest BCUT2D eigenvalue weighted by molar-refractivity contribution is 7.48. The van der Waals surface area contributed by atoms with Crippen LogP contribution in [-0.2, 0) is 101 Å². The number of ether oxygens (including phenoxy) is 6. The molecule has 0 radical (unpaired) electrons. The molecule has 13 heterocycles. The number of phosphoric acid groups is 5. The Hall–Kier alpha value is -7.92. The highest BCUT2D eigenvalue weighted by atomic mass is 31.2. The molecule has 0 aromatic carbocycles. The third kappa shape index (κ3) is 18.8. The van der Waals surface area contributed by atoms with E-state index in [9.17, 15) is 91.1 Å². The van der Waals surface area contributed by atoms with E-state index in [2.05, 4.69) is 39.9 Å². The summed E-state index contributed by atoms with van der Waals surface area (Å²) in [4.78, 5) is 175. The molecule has 22 atom stereocenters. The SMILES string of the molecule is Cc1cn([C@H]2C[C@H](OP(=O)(O)OC[C@H]3OC(=O)C[C@@H]3OP(=O)(O)OC[C@H]3O[C@@H](n4ccc(N)nc4=O)C[C@@H]3OP(=O)(O)OC[C@H]3O[C@@H](n4cnc5c(=O)[nH]c(N)nc54)C[C@@H]3O)[C@@H](COP(=O)(O)O[C@H]3C[C@H](n4cnc5c(=O)[nH]c(N)nc54)O[C@@H]3COP(=O)(O)O[C@H]3C[C@H](n4ccc(N)nc4=O)O[C@@H]3CO)O2)c(=O)[nH]c1=O. The van der Waals surface area contributed by atoms with Crippen molar-refractivity contribution in [1.82, 2.24) is 67.7 Å². The second-order valence-corrected chi connectivity index (χ2v) is 32.5. The number of aromatic nitrogens is 14. The third-order valence-corrected chi connectivity index (χ3v) is 22.9. The molecule has 6 fully saturated rings. The van der Waals surface area contributed by atoms with Crippen molar-refractivity contribution in [3.05, 3.63) is 111 Å². The lowest BCUT2D eigenvalue weighted by Gasteiger charge is -2.25. The quantitative estimate of drug-likeness (QED) is 0.0149. The van der Waals surface area contributed by atoms with Crippen molar-refractivity contribution < 1.29 is 136 Å². The number of esters is 1. The van der Waals surface area contributed by atoms with E-state index in [4.69, 9.17) is 96.6 Å². The summed E-state index contributed by atoms with van der Waals surface area (Å²) in [6.45, 7) is -4.68. The average Bonchev–Trinajstić information content (AvgIpc) is 1.67. The van der Waals surface area contributed by atoms with E-state index in [0.717, 1.165) is 37.0 Å². The summed E-state index contributed by atoms with van der Waals surface area (Å²) in [5.41, 5.74) is 17.0. The van der Waals surface area contributed by atoms with Gasteiger partial charge in [-0.15, -0.1) is 0 Å². The molecule has 0 amide bonds. The number of H-pyrrole nitrogens is 3. The van der Waals surface area contributed by atoms with Crippen molar-refractivity contribution in [3.63, 3.8) is 0 Å². The van der Waals surface area contributed by atoms with Gasteiger partial charge in [0.1, 0.15) is 104 Å². The lowest BCUT2D eigenvalue weighted by Crippen LogP contribution is -2.33. The predicted octanol–water partition coefficient (Wildman–Crippen LogP) is -3.43. The Morgan fingerprint density at radius 2 is 0.829 bits per heavy atom. The molecule has 53 nitrogen and oxygen atoms in total. The molecule has 58 heteroatoms. The number of phosphoric ester groups is 5. The Balaban J connectivity index is 0.654. The van der Waals surface area contributed by atoms with Crippen molar-refractivity contribution in [2.45, 2.75) is 150 Å². The van der Waals surface area contributed by atoms with Gasteiger partial charge in [0.25, 0.3) is 16.7 Å². The molecule has 13 rings (SSSR count). The van der Waals surface area contributed by atoms with E-state index in [1.165, 1.54) is 36.1 Å². The van der Waals surface area contributed by atoms with E-state index in [1.54, 1.807) is 0 Å². The molecule has 0 saturated carbocycles. The number of imidazole rings is 2. The lowest BCUT2D eigenvalue weighted by atomic mass is 10.2. The van der Waals surface area contributed by atoms with Crippen molar-refractivity contribution in [2.75, 3.05) is 62.6 Å². The molecule has 111 heavy (non-hydrogen) atoms. The van der Waals surface area contributed by atoms with Gasteiger partial charge in [-0.3, -0.25) is 102 Å². The topological polar surface area (TPSA) is 748 Å². The molecule has 6 aliphatic heterocycles. The van der Waals surface area contributed by atoms with Gasteiger partial charge < -0.3 is 86.0 Å². The summed E-state index contributed by atoms with van der Waals surface area (Å²) in [6, 6.07) is 2.48. The summed E-state index contributed by atoms with van der Waals surface area (Å²) in [6.07, 6.45) is -23.1. The largest absolute Gasteiger partial charge is 0.472 e. The molecule has 6 aliphatic rings. The lowest BCUT2D eigenvalue weighted by molar-refractivity contribution is -0.143. The monoisotopic (exact) mass is 1670 g/mol. The predicted molar refractivity (Wildman–Crippen MR) is 360 cm³/mol. The van der Waals surface area contributed by atoms with Crippen molar-refractivity contribution >= 4 is 90.9 Å².